The molecule has 28 heavy (non-hydrogen) atoms. The van der Waals surface area contributed by atoms with E-state index in [0.717, 1.165) is 0 Å². The molecule has 1 atom stereocenters. The summed E-state index contributed by atoms with van der Waals surface area (Å²) in [6.45, 7) is 5.03. The predicted octanol–water partition coefficient (Wildman–Crippen LogP) is 2.36. The minimum absolute atomic E-state index is 0.0128. The van der Waals surface area contributed by atoms with Gasteiger partial charge >= 0.3 is 5.97 Å². The number of sulfonamides is 1. The Morgan fingerprint density at radius 3 is 2.32 bits per heavy atom. The fraction of sp³-hybridized carbons (Fsp3) is 0.200. The van der Waals surface area contributed by atoms with Crippen molar-refractivity contribution in [2.24, 2.45) is 0 Å². The monoisotopic (exact) mass is 402 g/mol. The van der Waals surface area contributed by atoms with Crippen molar-refractivity contribution in [3.63, 3.8) is 0 Å². The second-order valence-corrected chi connectivity index (χ2v) is 7.71. The molecule has 0 saturated heterocycles. The summed E-state index contributed by atoms with van der Waals surface area (Å²) in [4.78, 5) is 26.1. The van der Waals surface area contributed by atoms with Gasteiger partial charge in [-0.3, -0.25) is 4.79 Å². The molecule has 0 bridgehead atoms. The first-order chi connectivity index (χ1) is 13.3. The lowest BCUT2D eigenvalue weighted by molar-refractivity contribution is -0.126. The molecule has 7 nitrogen and oxygen atoms in total. The van der Waals surface area contributed by atoms with E-state index in [1.54, 1.807) is 31.3 Å². The second kappa shape index (κ2) is 9.29. The maximum absolute atomic E-state index is 12.4. The fourth-order valence-corrected chi connectivity index (χ4v) is 3.35. The van der Waals surface area contributed by atoms with Gasteiger partial charge < -0.3 is 9.64 Å². The van der Waals surface area contributed by atoms with Gasteiger partial charge in [0.1, 0.15) is 0 Å². The number of anilines is 1. The van der Waals surface area contributed by atoms with Crippen LogP contribution in [-0.4, -0.2) is 40.0 Å². The van der Waals surface area contributed by atoms with Crippen LogP contribution >= 0.6 is 0 Å². The molecule has 0 aromatic heterocycles. The lowest BCUT2D eigenvalue weighted by Gasteiger charge is -2.21. The maximum Gasteiger partial charge on any atom is 0.338 e. The summed E-state index contributed by atoms with van der Waals surface area (Å²) in [5.74, 6) is -1.10. The zero-order valence-corrected chi connectivity index (χ0v) is 16.5. The van der Waals surface area contributed by atoms with Crippen molar-refractivity contribution in [3.8, 4) is 0 Å². The quantitative estimate of drug-likeness (QED) is 0.540. The van der Waals surface area contributed by atoms with Crippen LogP contribution in [0.3, 0.4) is 0 Å². The third-order valence-corrected chi connectivity index (χ3v) is 5.36. The van der Waals surface area contributed by atoms with Crippen molar-refractivity contribution in [1.82, 2.24) is 4.72 Å². The maximum atomic E-state index is 12.4. The van der Waals surface area contributed by atoms with Crippen molar-refractivity contribution in [2.45, 2.75) is 17.9 Å². The Hall–Kier alpha value is -2.97. The van der Waals surface area contributed by atoms with Crippen LogP contribution in [0.1, 0.15) is 17.3 Å². The topological polar surface area (TPSA) is 92.8 Å². The Morgan fingerprint density at radius 2 is 1.75 bits per heavy atom. The molecular weight excluding hydrogens is 380 g/mol. The molecule has 1 amide bonds. The number of hydrogen-bond donors (Lipinski definition) is 1. The number of esters is 1. The molecule has 0 aliphatic heterocycles. The van der Waals surface area contributed by atoms with Gasteiger partial charge in [-0.1, -0.05) is 24.3 Å². The van der Waals surface area contributed by atoms with E-state index in [2.05, 4.69) is 11.3 Å². The molecule has 0 aliphatic carbocycles. The number of nitrogens with zero attached hydrogens (tertiary/aromatic N) is 1. The molecule has 148 valence electrons. The van der Waals surface area contributed by atoms with Gasteiger partial charge in [0.15, 0.2) is 6.10 Å². The summed E-state index contributed by atoms with van der Waals surface area (Å²) in [6, 6.07) is 14.2. The molecule has 0 aliphatic rings. The number of amides is 1. The van der Waals surface area contributed by atoms with Gasteiger partial charge in [-0.15, -0.1) is 6.58 Å². The van der Waals surface area contributed by atoms with E-state index < -0.39 is 22.1 Å². The third-order valence-electron chi connectivity index (χ3n) is 3.92. The predicted molar refractivity (Wildman–Crippen MR) is 107 cm³/mol. The second-order valence-electron chi connectivity index (χ2n) is 5.95. The molecule has 1 unspecified atom stereocenters. The average molecular weight is 402 g/mol. The summed E-state index contributed by atoms with van der Waals surface area (Å²) in [5.41, 5.74) is 0.821. The number of rotatable bonds is 8. The van der Waals surface area contributed by atoms with Crippen LogP contribution in [0.25, 0.3) is 0 Å². The number of ether oxygens (including phenoxy) is 1. The smallest absolute Gasteiger partial charge is 0.338 e. The van der Waals surface area contributed by atoms with Crippen LogP contribution in [0, 0.1) is 0 Å². The summed E-state index contributed by atoms with van der Waals surface area (Å²) in [7, 11) is -2.08. The first-order valence-corrected chi connectivity index (χ1v) is 9.99. The van der Waals surface area contributed by atoms with Gasteiger partial charge in [-0.25, -0.2) is 17.9 Å². The highest BCUT2D eigenvalue weighted by Crippen LogP contribution is 2.15. The van der Waals surface area contributed by atoms with Crippen LogP contribution in [0.4, 0.5) is 5.69 Å². The van der Waals surface area contributed by atoms with Gasteiger partial charge in [-0.05, 0) is 43.3 Å². The van der Waals surface area contributed by atoms with Crippen molar-refractivity contribution in [2.75, 3.05) is 18.5 Å². The highest BCUT2D eigenvalue weighted by Gasteiger charge is 2.23. The molecule has 1 N–H and O–H groups in total. The molecule has 2 aromatic rings. The van der Waals surface area contributed by atoms with E-state index in [0.29, 0.717) is 5.69 Å². The van der Waals surface area contributed by atoms with E-state index in [4.69, 9.17) is 4.74 Å². The lowest BCUT2D eigenvalue weighted by atomic mass is 10.2. The van der Waals surface area contributed by atoms with Gasteiger partial charge in [-0.2, -0.15) is 0 Å². The zero-order valence-electron chi connectivity index (χ0n) is 15.7. The van der Waals surface area contributed by atoms with Crippen LogP contribution in [0.2, 0.25) is 0 Å². The standard InChI is InChI=1S/C20H22N2O5S/c1-4-14-21-28(25,26)18-12-10-16(11-13-18)20(24)27-15(2)19(23)22(3)17-8-6-5-7-9-17/h4-13,15,21H,1,14H2,2-3H3. The van der Waals surface area contributed by atoms with Crippen LogP contribution in [-0.2, 0) is 19.6 Å². The van der Waals surface area contributed by atoms with Crippen molar-refractivity contribution < 1.29 is 22.7 Å². The number of hydrogen-bond acceptors (Lipinski definition) is 5. The Balaban J connectivity index is 2.04. The molecule has 2 aromatic carbocycles. The summed E-state index contributed by atoms with van der Waals surface area (Å²) in [5, 5.41) is 0. The molecule has 0 radical (unpaired) electrons. The highest BCUT2D eigenvalue weighted by atomic mass is 32.2. The zero-order chi connectivity index (χ0) is 20.7. The third kappa shape index (κ3) is 5.28. The highest BCUT2D eigenvalue weighted by molar-refractivity contribution is 7.89. The number of nitrogens with one attached hydrogen (secondary N) is 1. The molecule has 0 fully saturated rings. The first kappa shape index (κ1) is 21.3. The molecule has 0 saturated carbocycles. The van der Waals surface area contributed by atoms with E-state index in [1.165, 1.54) is 42.2 Å². The largest absolute Gasteiger partial charge is 0.449 e. The molecular formula is C20H22N2O5S. The van der Waals surface area contributed by atoms with Gasteiger partial charge in [0.2, 0.25) is 10.0 Å². The Bertz CT molecular complexity index is 940. The van der Waals surface area contributed by atoms with Crippen LogP contribution in [0.5, 0.6) is 0 Å². The first-order valence-electron chi connectivity index (χ1n) is 8.50. The minimum atomic E-state index is -3.68. The Kier molecular flexibility index (Phi) is 7.08. The van der Waals surface area contributed by atoms with Gasteiger partial charge in [0, 0.05) is 19.3 Å². The number of carbonyl (C=O) groups excluding carboxylic acids is 2. The van der Waals surface area contributed by atoms with Crippen molar-refractivity contribution >= 4 is 27.6 Å². The Morgan fingerprint density at radius 1 is 1.14 bits per heavy atom. The van der Waals surface area contributed by atoms with Crippen molar-refractivity contribution in [3.05, 3.63) is 72.8 Å². The molecule has 0 spiro atoms. The SMILES string of the molecule is C=CCNS(=O)(=O)c1ccc(C(=O)OC(C)C(=O)N(C)c2ccccc2)cc1. The lowest BCUT2D eigenvalue weighted by Crippen LogP contribution is -2.37. The summed E-state index contributed by atoms with van der Waals surface area (Å²) < 4.78 is 31.6. The molecule has 0 heterocycles. The normalized spacial score (nSPS) is 12.1. The molecule has 2 rings (SSSR count). The number of benzene rings is 2. The summed E-state index contributed by atoms with van der Waals surface area (Å²) in [6.07, 6.45) is 0.420. The van der Waals surface area contributed by atoms with E-state index in [1.807, 2.05) is 6.07 Å². The van der Waals surface area contributed by atoms with E-state index in [-0.39, 0.29) is 22.9 Å². The minimum Gasteiger partial charge on any atom is -0.449 e. The summed E-state index contributed by atoms with van der Waals surface area (Å²) >= 11 is 0. The molecule has 8 heteroatoms. The van der Waals surface area contributed by atoms with E-state index in [9.17, 15) is 18.0 Å². The Labute approximate surface area is 164 Å². The average Bonchev–Trinajstić information content (AvgIpc) is 2.71. The number of carbonyl (C=O) groups is 2. The fourth-order valence-electron chi connectivity index (χ4n) is 2.35. The number of para-hydroxylation sites is 1. The number of likely N-dealkylation sites (N-methyl/N-ethyl adjacent to an activating group) is 1. The van der Waals surface area contributed by atoms with Gasteiger partial charge in [0.05, 0.1) is 10.5 Å². The van der Waals surface area contributed by atoms with E-state index >= 15 is 0 Å². The van der Waals surface area contributed by atoms with Crippen LogP contribution < -0.4 is 9.62 Å². The van der Waals surface area contributed by atoms with Gasteiger partial charge in [0.25, 0.3) is 5.91 Å². The van der Waals surface area contributed by atoms with Crippen molar-refractivity contribution in [1.29, 1.82) is 0 Å². The van der Waals surface area contributed by atoms with Crippen LogP contribution in [0.15, 0.2) is 72.1 Å².